The van der Waals surface area contributed by atoms with Crippen molar-refractivity contribution in [3.63, 3.8) is 0 Å². The maximum atomic E-state index is 12.9. The molecular weight excluding hydrogens is 353 g/mol. The van der Waals surface area contributed by atoms with Crippen LogP contribution in [-0.2, 0) is 0 Å². The van der Waals surface area contributed by atoms with E-state index < -0.39 is 15.7 Å². The first kappa shape index (κ1) is 13.7. The lowest BCUT2D eigenvalue weighted by Gasteiger charge is -2.05. The van der Waals surface area contributed by atoms with Gasteiger partial charge >= 0.3 is 6.18 Å². The molecular formula is C9H4F4IN3. The molecule has 0 aliphatic carbocycles. The van der Waals surface area contributed by atoms with E-state index in [1.165, 1.54) is 6.07 Å². The molecule has 0 atom stereocenters. The van der Waals surface area contributed by atoms with E-state index in [1.54, 1.807) is 6.07 Å². The molecule has 0 aliphatic rings. The molecule has 0 aliphatic heterocycles. The Morgan fingerprint density at radius 2 is 2.06 bits per heavy atom. The lowest BCUT2D eigenvalue weighted by atomic mass is 10.2. The normalized spacial score (nSPS) is 12.1. The number of anilines is 1. The van der Waals surface area contributed by atoms with Gasteiger partial charge in [0, 0.05) is 0 Å². The topological polar surface area (TPSA) is 48.2 Å². The number of hydrazone groups is 1. The van der Waals surface area contributed by atoms with Crippen LogP contribution in [0.25, 0.3) is 0 Å². The third kappa shape index (κ3) is 3.85. The Kier molecular flexibility index (Phi) is 4.28. The average molecular weight is 357 g/mol. The summed E-state index contributed by atoms with van der Waals surface area (Å²) in [5.41, 5.74) is 1.92. The largest absolute Gasteiger partial charge is 0.441 e. The molecule has 8 heteroatoms. The van der Waals surface area contributed by atoms with Crippen molar-refractivity contribution >= 4 is 32.0 Å². The first-order valence-electron chi connectivity index (χ1n) is 4.10. The van der Waals surface area contributed by atoms with E-state index in [0.717, 1.165) is 34.7 Å². The Morgan fingerprint density at radius 3 is 2.59 bits per heavy atom. The van der Waals surface area contributed by atoms with Crippen molar-refractivity contribution in [1.29, 1.82) is 5.26 Å². The Bertz CT molecular complexity index is 490. The molecule has 0 bridgehead atoms. The van der Waals surface area contributed by atoms with Gasteiger partial charge in [0.1, 0.15) is 11.9 Å². The zero-order valence-electron chi connectivity index (χ0n) is 8.02. The van der Waals surface area contributed by atoms with Gasteiger partial charge in [0.25, 0.3) is 0 Å². The van der Waals surface area contributed by atoms with Gasteiger partial charge < -0.3 is 0 Å². The highest BCUT2D eigenvalue weighted by Crippen LogP contribution is 2.22. The van der Waals surface area contributed by atoms with Crippen LogP contribution in [0.3, 0.4) is 0 Å². The van der Waals surface area contributed by atoms with Crippen LogP contribution < -0.4 is 5.43 Å². The molecule has 1 rings (SSSR count). The molecule has 3 nitrogen and oxygen atoms in total. The summed E-state index contributed by atoms with van der Waals surface area (Å²) in [6.45, 7) is 0. The summed E-state index contributed by atoms with van der Waals surface area (Å²) >= 11 is 1.02. The van der Waals surface area contributed by atoms with Crippen molar-refractivity contribution in [1.82, 2.24) is 0 Å². The quantitative estimate of drug-likeness (QED) is 0.382. The first-order chi connectivity index (χ1) is 7.84. The standard InChI is InChI=1S/C9H4F4IN3/c10-7-2-1-6(3-5(7)4-15)16-17-8(14)9(11,12)13/h1-3,16H/b17-8-. The highest BCUT2D eigenvalue weighted by molar-refractivity contribution is 14.1. The first-order valence-corrected chi connectivity index (χ1v) is 5.18. The Hall–Kier alpha value is -1.37. The van der Waals surface area contributed by atoms with Gasteiger partial charge in [0.05, 0.1) is 11.3 Å². The monoisotopic (exact) mass is 357 g/mol. The highest BCUT2D eigenvalue weighted by atomic mass is 127. The molecule has 0 fully saturated rings. The fourth-order valence-corrected chi connectivity index (χ4v) is 0.978. The van der Waals surface area contributed by atoms with Crippen LogP contribution in [-0.4, -0.2) is 9.89 Å². The number of benzene rings is 1. The zero-order valence-corrected chi connectivity index (χ0v) is 10.2. The van der Waals surface area contributed by atoms with E-state index in [2.05, 4.69) is 10.5 Å². The van der Waals surface area contributed by atoms with Crippen LogP contribution in [0.2, 0.25) is 0 Å². The molecule has 1 aromatic carbocycles. The van der Waals surface area contributed by atoms with E-state index in [4.69, 9.17) is 5.26 Å². The number of nitriles is 1. The molecule has 17 heavy (non-hydrogen) atoms. The van der Waals surface area contributed by atoms with Gasteiger partial charge in [-0.1, -0.05) is 0 Å². The summed E-state index contributed by atoms with van der Waals surface area (Å²) in [5, 5.41) is 11.6. The number of hydrogen-bond donors (Lipinski definition) is 1. The maximum Gasteiger partial charge on any atom is 0.441 e. The summed E-state index contributed by atoms with van der Waals surface area (Å²) in [6.07, 6.45) is -4.54. The third-order valence-electron chi connectivity index (χ3n) is 1.60. The minimum absolute atomic E-state index is 0.0985. The summed E-state index contributed by atoms with van der Waals surface area (Å²) in [5.74, 6) is -0.743. The number of hydrogen-bond acceptors (Lipinski definition) is 3. The minimum atomic E-state index is -4.54. The Labute approximate surface area is 107 Å². The smallest absolute Gasteiger partial charge is 0.277 e. The van der Waals surface area contributed by atoms with Crippen LogP contribution in [0.15, 0.2) is 23.3 Å². The predicted octanol–water partition coefficient (Wildman–Crippen LogP) is 3.42. The van der Waals surface area contributed by atoms with Gasteiger partial charge in [-0.3, -0.25) is 5.43 Å². The van der Waals surface area contributed by atoms with E-state index in [1.807, 2.05) is 0 Å². The van der Waals surface area contributed by atoms with Crippen LogP contribution >= 0.6 is 22.6 Å². The summed E-state index contributed by atoms with van der Waals surface area (Å²) in [4.78, 5) is 0. The second kappa shape index (κ2) is 5.31. The molecule has 0 saturated heterocycles. The van der Waals surface area contributed by atoms with Gasteiger partial charge in [-0.25, -0.2) is 4.39 Å². The Balaban J connectivity index is 2.88. The molecule has 0 aromatic heterocycles. The van der Waals surface area contributed by atoms with Crippen LogP contribution in [0, 0.1) is 17.1 Å². The van der Waals surface area contributed by atoms with Gasteiger partial charge in [-0.05, 0) is 40.8 Å². The molecule has 0 amide bonds. The van der Waals surface area contributed by atoms with E-state index in [9.17, 15) is 17.6 Å². The average Bonchev–Trinajstić information content (AvgIpc) is 2.26. The maximum absolute atomic E-state index is 12.9. The molecule has 0 unspecified atom stereocenters. The van der Waals surface area contributed by atoms with E-state index >= 15 is 0 Å². The number of halogens is 5. The van der Waals surface area contributed by atoms with Crippen LogP contribution in [0.1, 0.15) is 5.56 Å². The predicted molar refractivity (Wildman–Crippen MR) is 62.2 cm³/mol. The van der Waals surface area contributed by atoms with Gasteiger partial charge in [0.15, 0.2) is 0 Å². The van der Waals surface area contributed by atoms with Crippen LogP contribution in [0.5, 0.6) is 0 Å². The third-order valence-corrected chi connectivity index (χ3v) is 2.46. The van der Waals surface area contributed by atoms with Crippen molar-refractivity contribution in [2.75, 3.05) is 5.43 Å². The number of nitrogens with zero attached hydrogens (tertiary/aromatic N) is 2. The van der Waals surface area contributed by atoms with Gasteiger partial charge in [-0.2, -0.15) is 23.5 Å². The molecule has 0 spiro atoms. The number of nitrogens with one attached hydrogen (secondary N) is 1. The molecule has 1 aromatic rings. The minimum Gasteiger partial charge on any atom is -0.277 e. The molecule has 0 heterocycles. The molecule has 0 saturated carbocycles. The number of alkyl halides is 3. The van der Waals surface area contributed by atoms with Crippen molar-refractivity contribution in [3.05, 3.63) is 29.6 Å². The fraction of sp³-hybridized carbons (Fsp3) is 0.111. The van der Waals surface area contributed by atoms with Crippen molar-refractivity contribution < 1.29 is 17.6 Å². The van der Waals surface area contributed by atoms with E-state index in [-0.39, 0.29) is 11.3 Å². The second-order valence-corrected chi connectivity index (χ2v) is 3.84. The second-order valence-electron chi connectivity index (χ2n) is 2.82. The lowest BCUT2D eigenvalue weighted by molar-refractivity contribution is -0.0545. The van der Waals surface area contributed by atoms with Crippen molar-refractivity contribution in [3.8, 4) is 6.07 Å². The SMILES string of the molecule is N#Cc1cc(N/N=C(\I)C(F)(F)F)ccc1F. The summed E-state index contributed by atoms with van der Waals surface area (Å²) in [7, 11) is 0. The fourth-order valence-electron chi connectivity index (χ4n) is 0.858. The summed E-state index contributed by atoms with van der Waals surface area (Å²) < 4.78 is 48.0. The molecule has 1 N–H and O–H groups in total. The summed E-state index contributed by atoms with van der Waals surface area (Å²) in [6, 6.07) is 4.78. The zero-order chi connectivity index (χ0) is 13.1. The van der Waals surface area contributed by atoms with Gasteiger partial charge in [0.2, 0.25) is 3.72 Å². The lowest BCUT2D eigenvalue weighted by Crippen LogP contribution is -2.17. The van der Waals surface area contributed by atoms with E-state index in [0.29, 0.717) is 0 Å². The number of rotatable bonds is 2. The molecule has 0 radical (unpaired) electrons. The van der Waals surface area contributed by atoms with Crippen molar-refractivity contribution in [2.45, 2.75) is 6.18 Å². The highest BCUT2D eigenvalue weighted by Gasteiger charge is 2.34. The van der Waals surface area contributed by atoms with Gasteiger partial charge in [-0.15, -0.1) is 0 Å². The molecule has 90 valence electrons. The van der Waals surface area contributed by atoms with Crippen LogP contribution in [0.4, 0.5) is 23.2 Å². The van der Waals surface area contributed by atoms with Crippen molar-refractivity contribution in [2.24, 2.45) is 5.10 Å². The Morgan fingerprint density at radius 1 is 1.41 bits per heavy atom.